The molecule has 24 heavy (non-hydrogen) atoms. The van der Waals surface area contributed by atoms with Crippen LogP contribution in [-0.4, -0.2) is 48.6 Å². The van der Waals surface area contributed by atoms with Gasteiger partial charge in [-0.25, -0.2) is 0 Å². The highest BCUT2D eigenvalue weighted by Gasteiger charge is 2.13. The highest BCUT2D eigenvalue weighted by molar-refractivity contribution is 6.59. The van der Waals surface area contributed by atoms with Crippen molar-refractivity contribution in [2.24, 2.45) is 0 Å². The summed E-state index contributed by atoms with van der Waals surface area (Å²) in [6, 6.07) is 10.1. The molecule has 0 saturated heterocycles. The van der Waals surface area contributed by atoms with Gasteiger partial charge in [0.05, 0.1) is 14.2 Å². The van der Waals surface area contributed by atoms with Gasteiger partial charge in [0, 0.05) is 6.07 Å². The van der Waals surface area contributed by atoms with Crippen LogP contribution in [0.3, 0.4) is 0 Å². The van der Waals surface area contributed by atoms with Crippen LogP contribution in [0.15, 0.2) is 36.4 Å². The molecule has 2 aromatic rings. The van der Waals surface area contributed by atoms with E-state index in [4.69, 9.17) is 29.6 Å². The molecule has 0 aromatic heterocycles. The Balaban J connectivity index is 0.000000243. The predicted molar refractivity (Wildman–Crippen MR) is 95.1 cm³/mol. The van der Waals surface area contributed by atoms with Crippen molar-refractivity contribution < 1.29 is 29.6 Å². The van der Waals surface area contributed by atoms with Crippen LogP contribution in [0, 0.1) is 13.8 Å². The van der Waals surface area contributed by atoms with E-state index in [0.717, 1.165) is 11.1 Å². The van der Waals surface area contributed by atoms with Gasteiger partial charge < -0.3 is 29.6 Å². The van der Waals surface area contributed by atoms with Gasteiger partial charge in [0.15, 0.2) is 0 Å². The summed E-state index contributed by atoms with van der Waals surface area (Å²) in [5.41, 5.74) is 3.13. The quantitative estimate of drug-likeness (QED) is 0.557. The topological polar surface area (TPSA) is 99.4 Å². The number of hydrogen-bond donors (Lipinski definition) is 4. The van der Waals surface area contributed by atoms with Crippen molar-refractivity contribution >= 4 is 25.2 Å². The Morgan fingerprint density at radius 2 is 1.17 bits per heavy atom. The summed E-state index contributed by atoms with van der Waals surface area (Å²) in [6.45, 7) is 3.93. The van der Waals surface area contributed by atoms with Gasteiger partial charge in [0.25, 0.3) is 0 Å². The molecule has 0 radical (unpaired) electrons. The van der Waals surface area contributed by atoms with E-state index in [-0.39, 0.29) is 0 Å². The van der Waals surface area contributed by atoms with Gasteiger partial charge in [-0.3, -0.25) is 0 Å². The molecule has 0 fully saturated rings. The number of hydrogen-bond acceptors (Lipinski definition) is 6. The van der Waals surface area contributed by atoms with E-state index < -0.39 is 14.2 Å². The van der Waals surface area contributed by atoms with E-state index in [1.54, 1.807) is 18.2 Å². The molecule has 0 aliphatic carbocycles. The zero-order valence-corrected chi connectivity index (χ0v) is 14.2. The number of ether oxygens (including phenoxy) is 2. The van der Waals surface area contributed by atoms with E-state index in [1.807, 2.05) is 19.9 Å². The van der Waals surface area contributed by atoms with Crippen LogP contribution in [0.25, 0.3) is 0 Å². The molecule has 4 N–H and O–H groups in total. The fraction of sp³-hybridized carbons (Fsp3) is 0.250. The van der Waals surface area contributed by atoms with Crippen molar-refractivity contribution in [3.05, 3.63) is 47.5 Å². The summed E-state index contributed by atoms with van der Waals surface area (Å²) >= 11 is 0. The van der Waals surface area contributed by atoms with Crippen molar-refractivity contribution in [3.8, 4) is 11.5 Å². The van der Waals surface area contributed by atoms with Crippen molar-refractivity contribution in [3.63, 3.8) is 0 Å². The average molecular weight is 332 g/mol. The maximum absolute atomic E-state index is 8.91. The molecular weight excluding hydrogens is 310 g/mol. The lowest BCUT2D eigenvalue weighted by molar-refractivity contribution is 0.392. The van der Waals surface area contributed by atoms with Gasteiger partial charge in [-0.15, -0.1) is 0 Å². The lowest BCUT2D eigenvalue weighted by Gasteiger charge is -2.07. The van der Waals surface area contributed by atoms with Gasteiger partial charge in [0.2, 0.25) is 0 Å². The minimum atomic E-state index is -1.51. The van der Waals surface area contributed by atoms with Crippen molar-refractivity contribution in [2.45, 2.75) is 13.8 Å². The molecule has 2 aromatic carbocycles. The van der Waals surface area contributed by atoms with Crippen LogP contribution in [0.1, 0.15) is 11.1 Å². The minimum Gasteiger partial charge on any atom is -0.497 e. The second-order valence-corrected chi connectivity index (χ2v) is 5.24. The highest BCUT2D eigenvalue weighted by Crippen LogP contribution is 2.17. The van der Waals surface area contributed by atoms with Crippen molar-refractivity contribution in [1.29, 1.82) is 0 Å². The maximum Gasteiger partial charge on any atom is 0.488 e. The SMILES string of the molecule is COc1cc(OC)cc(B(O)O)c1.Cc1ccc(B(O)O)cc1C. The largest absolute Gasteiger partial charge is 0.497 e. The van der Waals surface area contributed by atoms with Gasteiger partial charge in [-0.05, 0) is 48.0 Å². The summed E-state index contributed by atoms with van der Waals surface area (Å²) < 4.78 is 9.89. The molecule has 0 heterocycles. The van der Waals surface area contributed by atoms with Gasteiger partial charge in [-0.1, -0.05) is 18.2 Å². The molecule has 0 bridgehead atoms. The Bertz CT molecular complexity index is 639. The molecule has 0 amide bonds. The Hall–Kier alpha value is -1.99. The first-order chi connectivity index (χ1) is 11.3. The second-order valence-electron chi connectivity index (χ2n) is 5.24. The molecule has 6 nitrogen and oxygen atoms in total. The molecule has 0 atom stereocenters. The number of rotatable bonds is 4. The maximum atomic E-state index is 8.91. The second kappa shape index (κ2) is 9.34. The molecular formula is C16H22B2O6. The zero-order valence-electron chi connectivity index (χ0n) is 14.2. The molecule has 0 aliphatic rings. The number of benzene rings is 2. The Labute approximate surface area is 142 Å². The Morgan fingerprint density at radius 3 is 1.54 bits per heavy atom. The molecule has 2 rings (SSSR count). The van der Waals surface area contributed by atoms with E-state index >= 15 is 0 Å². The predicted octanol–water partition coefficient (Wildman–Crippen LogP) is -0.633. The Kier molecular flexibility index (Phi) is 7.81. The first-order valence-corrected chi connectivity index (χ1v) is 7.30. The van der Waals surface area contributed by atoms with E-state index in [1.165, 1.54) is 26.4 Å². The molecule has 0 spiro atoms. The zero-order chi connectivity index (χ0) is 18.3. The minimum absolute atomic E-state index is 0.344. The third kappa shape index (κ3) is 5.90. The highest BCUT2D eigenvalue weighted by atomic mass is 16.5. The average Bonchev–Trinajstić information content (AvgIpc) is 2.57. The first-order valence-electron chi connectivity index (χ1n) is 7.30. The summed E-state index contributed by atoms with van der Waals surface area (Å²) in [5.74, 6) is 1.06. The van der Waals surface area contributed by atoms with Gasteiger partial charge in [0.1, 0.15) is 11.5 Å². The molecule has 128 valence electrons. The van der Waals surface area contributed by atoms with E-state index in [0.29, 0.717) is 22.4 Å². The van der Waals surface area contributed by atoms with Crippen LogP contribution >= 0.6 is 0 Å². The normalized spacial score (nSPS) is 9.67. The smallest absolute Gasteiger partial charge is 0.488 e. The van der Waals surface area contributed by atoms with Crippen LogP contribution in [0.4, 0.5) is 0 Å². The lowest BCUT2D eigenvalue weighted by Crippen LogP contribution is -2.29. The summed E-state index contributed by atoms with van der Waals surface area (Å²) in [7, 11) is 0.142. The third-order valence-corrected chi connectivity index (χ3v) is 3.50. The van der Waals surface area contributed by atoms with Crippen molar-refractivity contribution in [2.75, 3.05) is 14.2 Å². The van der Waals surface area contributed by atoms with Gasteiger partial charge >= 0.3 is 14.2 Å². The lowest BCUT2D eigenvalue weighted by atomic mass is 9.79. The molecule has 0 aliphatic heterocycles. The van der Waals surface area contributed by atoms with Gasteiger partial charge in [-0.2, -0.15) is 0 Å². The van der Waals surface area contributed by atoms with Crippen LogP contribution in [0.2, 0.25) is 0 Å². The monoisotopic (exact) mass is 332 g/mol. The molecule has 0 saturated carbocycles. The molecule has 0 unspecified atom stereocenters. The number of aryl methyl sites for hydroxylation is 2. The fourth-order valence-corrected chi connectivity index (χ4v) is 1.90. The summed E-state index contributed by atoms with van der Waals surface area (Å²) in [6.07, 6.45) is 0. The standard InChI is InChI=1S/C8H11BO4.C8H11BO2/c1-12-7-3-6(9(10)11)4-8(5-7)13-2;1-6-3-4-8(9(10)11)5-7(6)2/h3-5,10-11H,1-2H3;3-5,10-11H,1-2H3. The van der Waals surface area contributed by atoms with Crippen LogP contribution in [0.5, 0.6) is 11.5 Å². The third-order valence-electron chi connectivity index (χ3n) is 3.50. The summed E-state index contributed by atoms with van der Waals surface area (Å²) in [5, 5.41) is 35.4. The summed E-state index contributed by atoms with van der Waals surface area (Å²) in [4.78, 5) is 0. The first kappa shape index (κ1) is 20.1. The Morgan fingerprint density at radius 1 is 0.667 bits per heavy atom. The fourth-order valence-electron chi connectivity index (χ4n) is 1.90. The van der Waals surface area contributed by atoms with Crippen LogP contribution in [-0.2, 0) is 0 Å². The number of methoxy groups -OCH3 is 2. The van der Waals surface area contributed by atoms with Crippen molar-refractivity contribution in [1.82, 2.24) is 0 Å². The van der Waals surface area contributed by atoms with E-state index in [9.17, 15) is 0 Å². The van der Waals surface area contributed by atoms with Crippen LogP contribution < -0.4 is 20.4 Å². The van der Waals surface area contributed by atoms with E-state index in [2.05, 4.69) is 0 Å². The molecule has 8 heteroatoms.